The van der Waals surface area contributed by atoms with Gasteiger partial charge in [0.1, 0.15) is 16.5 Å². The monoisotopic (exact) mass is 538 g/mol. The molecule has 10 heteroatoms. The van der Waals surface area contributed by atoms with Crippen LogP contribution < -0.4 is 5.32 Å². The Hall–Kier alpha value is -2.14. The Bertz CT molecular complexity index is 1200. The molecule has 1 aliphatic carbocycles. The maximum Gasteiger partial charge on any atom is 0.149 e. The van der Waals surface area contributed by atoms with Gasteiger partial charge in [0.25, 0.3) is 0 Å². The number of likely N-dealkylation sites (tertiary alicyclic amines) is 1. The van der Waals surface area contributed by atoms with Crippen LogP contribution in [0.15, 0.2) is 12.4 Å². The molecule has 3 fully saturated rings. The van der Waals surface area contributed by atoms with Crippen LogP contribution in [0.4, 0.5) is 5.82 Å². The smallest absolute Gasteiger partial charge is 0.149 e. The minimum absolute atomic E-state index is 0.428. The van der Waals surface area contributed by atoms with E-state index in [0.29, 0.717) is 18.5 Å². The summed E-state index contributed by atoms with van der Waals surface area (Å²) in [5.74, 6) is 1.80. The predicted molar refractivity (Wildman–Crippen MR) is 152 cm³/mol. The number of ether oxygens (including phenoxy) is 1. The molecule has 6 rings (SSSR count). The first-order valence-corrected chi connectivity index (χ1v) is 15.2. The lowest BCUT2D eigenvalue weighted by molar-refractivity contribution is 0.0662. The van der Waals surface area contributed by atoms with Crippen LogP contribution in [-0.4, -0.2) is 92.4 Å². The summed E-state index contributed by atoms with van der Waals surface area (Å²) in [5.41, 5.74) is 2.17. The molecule has 3 aromatic rings. The maximum absolute atomic E-state index is 5.51. The number of aryl methyl sites for hydroxylation is 1. The second kappa shape index (κ2) is 11.5. The van der Waals surface area contributed by atoms with Gasteiger partial charge in [-0.2, -0.15) is 9.47 Å². The van der Waals surface area contributed by atoms with Crippen LogP contribution >= 0.6 is 11.5 Å². The first-order chi connectivity index (χ1) is 18.5. The Morgan fingerprint density at radius 3 is 2.50 bits per heavy atom. The lowest BCUT2D eigenvalue weighted by Gasteiger charge is -2.42. The molecule has 206 valence electrons. The topological polar surface area (TPSA) is 84.2 Å². The zero-order chi connectivity index (χ0) is 26.1. The number of hydrogen-bond donors (Lipinski definition) is 1. The van der Waals surface area contributed by atoms with Gasteiger partial charge in [-0.25, -0.2) is 9.97 Å². The normalized spacial score (nSPS) is 24.4. The Labute approximate surface area is 230 Å². The average Bonchev–Trinajstić information content (AvgIpc) is 3.56. The van der Waals surface area contributed by atoms with Gasteiger partial charge in [0.2, 0.25) is 0 Å². The van der Waals surface area contributed by atoms with Crippen molar-refractivity contribution in [2.75, 3.05) is 45.7 Å². The van der Waals surface area contributed by atoms with Crippen LogP contribution in [0.25, 0.3) is 10.2 Å². The first-order valence-electron chi connectivity index (χ1n) is 14.4. The summed E-state index contributed by atoms with van der Waals surface area (Å²) >= 11 is 1.48. The molecular weight excluding hydrogens is 496 g/mol. The van der Waals surface area contributed by atoms with Crippen molar-refractivity contribution in [3.63, 3.8) is 0 Å². The number of anilines is 1. The SMILES string of the molecule is Cc1nsc2nc(Cc3cnn(C4CCOCC4)c3)nc(NC3CCC(N4CCC(N(C)C)CC4)CC3)c12. The van der Waals surface area contributed by atoms with E-state index in [1.54, 1.807) is 0 Å². The van der Waals surface area contributed by atoms with Crippen molar-refractivity contribution < 1.29 is 4.74 Å². The van der Waals surface area contributed by atoms with Gasteiger partial charge >= 0.3 is 0 Å². The van der Waals surface area contributed by atoms with Gasteiger partial charge in [0, 0.05) is 44.0 Å². The molecule has 2 saturated heterocycles. The first kappa shape index (κ1) is 26.1. The number of nitrogens with one attached hydrogen (secondary N) is 1. The lowest BCUT2D eigenvalue weighted by Crippen LogP contribution is -2.48. The molecule has 0 bridgehead atoms. The second-order valence-electron chi connectivity index (χ2n) is 11.7. The van der Waals surface area contributed by atoms with Crippen LogP contribution in [0, 0.1) is 6.92 Å². The fourth-order valence-electron chi connectivity index (χ4n) is 6.56. The number of hydrogen-bond acceptors (Lipinski definition) is 9. The van der Waals surface area contributed by atoms with Crippen molar-refractivity contribution in [1.29, 1.82) is 0 Å². The number of aromatic nitrogens is 5. The molecule has 9 nitrogen and oxygen atoms in total. The van der Waals surface area contributed by atoms with E-state index in [1.165, 1.54) is 63.1 Å². The fourth-order valence-corrected chi connectivity index (χ4v) is 7.36. The third-order valence-corrected chi connectivity index (χ3v) is 9.75. The maximum atomic E-state index is 5.51. The lowest BCUT2D eigenvalue weighted by atomic mass is 9.88. The molecular formula is C28H42N8OS. The standard InChI is InChI=1S/C28H42N8OS/c1-19-26-27(30-21-4-6-23(7-5-21)35-12-8-22(9-13-35)34(2)3)31-25(32-28(26)38-33-19)16-20-17-29-36(18-20)24-10-14-37-15-11-24/h17-18,21-24H,4-16H2,1-3H3,(H,30,31,32). The van der Waals surface area contributed by atoms with Gasteiger partial charge in [-0.15, -0.1) is 0 Å². The van der Waals surface area contributed by atoms with Crippen molar-refractivity contribution in [2.45, 2.75) is 88.9 Å². The summed E-state index contributed by atoms with van der Waals surface area (Å²) in [7, 11) is 4.44. The van der Waals surface area contributed by atoms with E-state index in [1.807, 2.05) is 6.20 Å². The van der Waals surface area contributed by atoms with E-state index in [0.717, 1.165) is 71.3 Å². The molecule has 3 aliphatic rings. The summed E-state index contributed by atoms with van der Waals surface area (Å²) < 4.78 is 12.2. The van der Waals surface area contributed by atoms with Gasteiger partial charge in [0.05, 0.1) is 23.3 Å². The highest BCUT2D eigenvalue weighted by molar-refractivity contribution is 7.13. The van der Waals surface area contributed by atoms with Crippen LogP contribution in [-0.2, 0) is 11.2 Å². The average molecular weight is 539 g/mol. The zero-order valence-electron chi connectivity index (χ0n) is 23.1. The molecule has 0 atom stereocenters. The highest BCUT2D eigenvalue weighted by atomic mass is 32.1. The molecule has 0 aromatic carbocycles. The molecule has 2 aliphatic heterocycles. The van der Waals surface area contributed by atoms with Crippen LogP contribution in [0.1, 0.15) is 74.5 Å². The summed E-state index contributed by atoms with van der Waals surface area (Å²) in [4.78, 5) is 16.1. The Kier molecular flexibility index (Phi) is 7.92. The minimum atomic E-state index is 0.428. The molecule has 5 heterocycles. The third-order valence-electron chi connectivity index (χ3n) is 8.92. The van der Waals surface area contributed by atoms with Crippen molar-refractivity contribution in [3.05, 3.63) is 29.5 Å². The molecule has 3 aromatic heterocycles. The number of fused-ring (bicyclic) bond motifs is 1. The van der Waals surface area contributed by atoms with Crippen LogP contribution in [0.2, 0.25) is 0 Å². The molecule has 1 N–H and O–H groups in total. The minimum Gasteiger partial charge on any atom is -0.381 e. The van der Waals surface area contributed by atoms with Gasteiger partial charge in [-0.1, -0.05) is 0 Å². The Morgan fingerprint density at radius 1 is 1.00 bits per heavy atom. The molecule has 38 heavy (non-hydrogen) atoms. The number of piperidine rings is 1. The largest absolute Gasteiger partial charge is 0.381 e. The van der Waals surface area contributed by atoms with Gasteiger partial charge in [-0.05, 0) is 103 Å². The highest BCUT2D eigenvalue weighted by Crippen LogP contribution is 2.32. The quantitative estimate of drug-likeness (QED) is 0.477. The van der Waals surface area contributed by atoms with Gasteiger partial charge < -0.3 is 19.9 Å². The number of nitrogens with zero attached hydrogens (tertiary/aromatic N) is 7. The summed E-state index contributed by atoms with van der Waals surface area (Å²) in [6.07, 6.45) is 14.4. The fraction of sp³-hybridized carbons (Fsp3) is 0.714. The highest BCUT2D eigenvalue weighted by Gasteiger charge is 2.30. The Balaban J connectivity index is 1.11. The summed E-state index contributed by atoms with van der Waals surface area (Å²) in [5, 5.41) is 9.57. The Morgan fingerprint density at radius 2 is 1.76 bits per heavy atom. The van der Waals surface area contributed by atoms with Crippen LogP contribution in [0.3, 0.4) is 0 Å². The number of rotatable bonds is 7. The molecule has 0 spiro atoms. The van der Waals surface area contributed by atoms with Crippen molar-refractivity contribution in [1.82, 2.24) is 33.9 Å². The van der Waals surface area contributed by atoms with E-state index in [-0.39, 0.29) is 0 Å². The molecule has 1 saturated carbocycles. The van der Waals surface area contributed by atoms with E-state index in [4.69, 9.17) is 14.7 Å². The molecule has 0 amide bonds. The summed E-state index contributed by atoms with van der Waals surface area (Å²) in [6.45, 7) is 6.19. The van der Waals surface area contributed by atoms with E-state index < -0.39 is 0 Å². The molecule has 0 unspecified atom stereocenters. The molecule has 0 radical (unpaired) electrons. The van der Waals surface area contributed by atoms with Crippen molar-refractivity contribution in [2.24, 2.45) is 0 Å². The zero-order valence-corrected chi connectivity index (χ0v) is 23.9. The van der Waals surface area contributed by atoms with Crippen molar-refractivity contribution in [3.8, 4) is 0 Å². The second-order valence-corrected chi connectivity index (χ2v) is 12.4. The van der Waals surface area contributed by atoms with E-state index in [9.17, 15) is 0 Å². The van der Waals surface area contributed by atoms with E-state index in [2.05, 4.69) is 56.5 Å². The van der Waals surface area contributed by atoms with Crippen molar-refractivity contribution >= 4 is 27.6 Å². The third kappa shape index (κ3) is 5.73. The van der Waals surface area contributed by atoms with Gasteiger partial charge in [0.15, 0.2) is 0 Å². The van der Waals surface area contributed by atoms with E-state index >= 15 is 0 Å². The summed E-state index contributed by atoms with van der Waals surface area (Å²) in [6, 6.07) is 2.36. The van der Waals surface area contributed by atoms with Crippen LogP contribution in [0.5, 0.6) is 0 Å². The van der Waals surface area contributed by atoms with Gasteiger partial charge in [-0.3, -0.25) is 4.68 Å². The predicted octanol–water partition coefficient (Wildman–Crippen LogP) is 4.28.